The molecule has 3 heterocycles. The number of hydrogen-bond acceptors (Lipinski definition) is 8. The minimum absolute atomic E-state index is 0.116. The summed E-state index contributed by atoms with van der Waals surface area (Å²) in [4.78, 5) is 26.5. The topological polar surface area (TPSA) is 138 Å². The normalized spacial score (nSPS) is 15.0. The lowest BCUT2D eigenvalue weighted by atomic mass is 10.0. The van der Waals surface area contributed by atoms with Crippen LogP contribution in [0.3, 0.4) is 0 Å². The zero-order valence-electron chi connectivity index (χ0n) is 25.1. The minimum atomic E-state index is -3.79. The van der Waals surface area contributed by atoms with E-state index >= 15 is 0 Å². The molecule has 0 aliphatic carbocycles. The fraction of sp³-hybridized carbons (Fsp3) is 0.212. The number of carboxylic acid groups (broad SMARTS) is 1. The van der Waals surface area contributed by atoms with Gasteiger partial charge in [-0.05, 0) is 61.7 Å². The van der Waals surface area contributed by atoms with E-state index in [9.17, 15) is 18.3 Å². The van der Waals surface area contributed by atoms with Crippen molar-refractivity contribution >= 4 is 55.8 Å². The second kappa shape index (κ2) is 12.8. The van der Waals surface area contributed by atoms with Crippen LogP contribution in [0.5, 0.6) is 11.6 Å². The SMILES string of the molecule is Cc1ccc2c(N(c3ccccc3Cl)S(C)(=O)=O)cccc2c1Oc1ncccc1-c1ccnc(NC2CCCN(C(=O)O)C2)n1. The van der Waals surface area contributed by atoms with Gasteiger partial charge in [-0.3, -0.25) is 0 Å². The van der Waals surface area contributed by atoms with E-state index in [4.69, 9.17) is 21.3 Å². The summed E-state index contributed by atoms with van der Waals surface area (Å²) in [5.74, 6) is 1.18. The molecule has 13 heteroatoms. The Bertz CT molecular complexity index is 2040. The fourth-order valence-electron chi connectivity index (χ4n) is 5.63. The van der Waals surface area contributed by atoms with Crippen LogP contribution in [0.1, 0.15) is 18.4 Å². The molecule has 2 aromatic heterocycles. The van der Waals surface area contributed by atoms with Crippen molar-refractivity contribution in [2.45, 2.75) is 25.8 Å². The largest absolute Gasteiger partial charge is 0.465 e. The molecule has 1 aliphatic rings. The maximum Gasteiger partial charge on any atom is 0.407 e. The van der Waals surface area contributed by atoms with E-state index in [0.29, 0.717) is 69.1 Å². The molecular weight excluding hydrogens is 628 g/mol. The number of likely N-dealkylation sites (tertiary alicyclic amines) is 1. The number of nitrogens with zero attached hydrogens (tertiary/aromatic N) is 5. The molecule has 1 amide bonds. The third-order valence-electron chi connectivity index (χ3n) is 7.73. The fourth-order valence-corrected chi connectivity index (χ4v) is 6.94. The number of para-hydroxylation sites is 1. The standard InChI is InChI=1S/C33H31ClN6O5S/c1-21-14-15-23-24(9-5-13-28(23)40(46(2,43)44)29-12-4-3-11-26(29)34)30(21)45-31-25(10-6-17-35-31)27-16-18-36-32(38-27)37-22-8-7-19-39(20-22)33(41)42/h3-6,9-18,22H,7-8,19-20H2,1-2H3,(H,41,42)(H,36,37,38). The van der Waals surface area contributed by atoms with Crippen molar-refractivity contribution < 1.29 is 23.1 Å². The predicted octanol–water partition coefficient (Wildman–Crippen LogP) is 7.10. The Morgan fingerprint density at radius 1 is 1.00 bits per heavy atom. The molecule has 1 unspecified atom stereocenters. The van der Waals surface area contributed by atoms with Crippen LogP contribution >= 0.6 is 11.6 Å². The number of anilines is 3. The molecule has 0 spiro atoms. The molecule has 0 radical (unpaired) electrons. The lowest BCUT2D eigenvalue weighted by Crippen LogP contribution is -2.44. The quantitative estimate of drug-likeness (QED) is 0.179. The van der Waals surface area contributed by atoms with E-state index in [1.54, 1.807) is 60.9 Å². The number of nitrogens with one attached hydrogen (secondary N) is 1. The smallest absolute Gasteiger partial charge is 0.407 e. The molecule has 6 rings (SSSR count). The van der Waals surface area contributed by atoms with Crippen molar-refractivity contribution in [3.05, 3.63) is 95.8 Å². The first-order chi connectivity index (χ1) is 22.1. The van der Waals surface area contributed by atoms with E-state index in [-0.39, 0.29) is 6.04 Å². The highest BCUT2D eigenvalue weighted by atomic mass is 35.5. The zero-order valence-corrected chi connectivity index (χ0v) is 26.7. The van der Waals surface area contributed by atoms with E-state index < -0.39 is 16.1 Å². The first kappa shape index (κ1) is 31.1. The molecule has 1 saturated heterocycles. The molecular formula is C33H31ClN6O5S. The highest BCUT2D eigenvalue weighted by molar-refractivity contribution is 7.92. The molecule has 1 aliphatic heterocycles. The number of hydrogen-bond donors (Lipinski definition) is 2. The highest BCUT2D eigenvalue weighted by Crippen LogP contribution is 2.43. The predicted molar refractivity (Wildman–Crippen MR) is 179 cm³/mol. The van der Waals surface area contributed by atoms with Crippen LogP contribution < -0.4 is 14.4 Å². The number of rotatable bonds is 8. The molecule has 3 aromatic carbocycles. The summed E-state index contributed by atoms with van der Waals surface area (Å²) >= 11 is 6.47. The van der Waals surface area contributed by atoms with Gasteiger partial charge in [0.25, 0.3) is 0 Å². The van der Waals surface area contributed by atoms with Crippen molar-refractivity contribution in [3.63, 3.8) is 0 Å². The average molecular weight is 659 g/mol. The highest BCUT2D eigenvalue weighted by Gasteiger charge is 2.26. The van der Waals surface area contributed by atoms with Crippen molar-refractivity contribution in [1.29, 1.82) is 0 Å². The van der Waals surface area contributed by atoms with E-state index in [1.165, 1.54) is 9.21 Å². The van der Waals surface area contributed by atoms with Crippen LogP contribution in [0.15, 0.2) is 85.2 Å². The number of pyridine rings is 1. The van der Waals surface area contributed by atoms with Crippen LogP contribution in [-0.4, -0.2) is 64.9 Å². The van der Waals surface area contributed by atoms with Crippen molar-refractivity contribution in [2.24, 2.45) is 0 Å². The zero-order chi connectivity index (χ0) is 32.4. The number of aryl methyl sites for hydroxylation is 1. The van der Waals surface area contributed by atoms with Crippen LogP contribution in [0.4, 0.5) is 22.1 Å². The summed E-state index contributed by atoms with van der Waals surface area (Å²) in [5.41, 5.74) is 2.76. The van der Waals surface area contributed by atoms with Gasteiger partial charge in [0.1, 0.15) is 5.75 Å². The molecule has 46 heavy (non-hydrogen) atoms. The maximum absolute atomic E-state index is 13.2. The molecule has 1 fully saturated rings. The number of piperidine rings is 1. The number of aromatic nitrogens is 3. The molecule has 11 nitrogen and oxygen atoms in total. The molecule has 0 saturated carbocycles. The number of benzene rings is 3. The summed E-state index contributed by atoms with van der Waals surface area (Å²) < 4.78 is 34.1. The first-order valence-electron chi connectivity index (χ1n) is 14.6. The third kappa shape index (κ3) is 6.40. The third-order valence-corrected chi connectivity index (χ3v) is 9.11. The Morgan fingerprint density at radius 3 is 2.59 bits per heavy atom. The van der Waals surface area contributed by atoms with E-state index in [2.05, 4.69) is 15.3 Å². The van der Waals surface area contributed by atoms with Gasteiger partial charge in [-0.1, -0.05) is 48.0 Å². The average Bonchev–Trinajstić information content (AvgIpc) is 3.03. The Balaban J connectivity index is 1.37. The van der Waals surface area contributed by atoms with Gasteiger partial charge in [0.15, 0.2) is 0 Å². The molecule has 2 N–H and O–H groups in total. The van der Waals surface area contributed by atoms with Crippen LogP contribution in [0, 0.1) is 6.92 Å². The van der Waals surface area contributed by atoms with Crippen molar-refractivity contribution in [3.8, 4) is 22.9 Å². The second-order valence-corrected chi connectivity index (χ2v) is 13.2. The summed E-state index contributed by atoms with van der Waals surface area (Å²) in [6, 6.07) is 21.2. The molecule has 5 aromatic rings. The van der Waals surface area contributed by atoms with Crippen molar-refractivity contribution in [2.75, 3.05) is 29.0 Å². The Morgan fingerprint density at radius 2 is 1.80 bits per heavy atom. The Labute approximate surface area is 271 Å². The lowest BCUT2D eigenvalue weighted by molar-refractivity contribution is 0.132. The molecule has 236 valence electrons. The van der Waals surface area contributed by atoms with Gasteiger partial charge in [0.2, 0.25) is 21.9 Å². The van der Waals surface area contributed by atoms with Gasteiger partial charge >= 0.3 is 6.09 Å². The summed E-state index contributed by atoms with van der Waals surface area (Å²) in [5, 5.41) is 14.3. The number of ether oxygens (including phenoxy) is 1. The van der Waals surface area contributed by atoms with Gasteiger partial charge in [0.05, 0.1) is 33.9 Å². The number of fused-ring (bicyclic) bond motifs is 1. The summed E-state index contributed by atoms with van der Waals surface area (Å²) in [7, 11) is -3.79. The molecule has 1 atom stereocenters. The Kier molecular flexibility index (Phi) is 8.65. The maximum atomic E-state index is 13.2. The Hall–Kier alpha value is -4.94. The lowest BCUT2D eigenvalue weighted by Gasteiger charge is -2.31. The monoisotopic (exact) mass is 658 g/mol. The van der Waals surface area contributed by atoms with Crippen LogP contribution in [-0.2, 0) is 10.0 Å². The van der Waals surface area contributed by atoms with Gasteiger partial charge in [-0.2, -0.15) is 0 Å². The van der Waals surface area contributed by atoms with Crippen molar-refractivity contribution in [1.82, 2.24) is 19.9 Å². The number of halogens is 1. The van der Waals surface area contributed by atoms with E-state index in [1.807, 2.05) is 31.2 Å². The number of sulfonamides is 1. The summed E-state index contributed by atoms with van der Waals surface area (Å²) in [6.07, 6.45) is 4.99. The number of amides is 1. The van der Waals surface area contributed by atoms with Crippen LogP contribution in [0.25, 0.3) is 22.0 Å². The molecule has 0 bridgehead atoms. The van der Waals surface area contributed by atoms with E-state index in [0.717, 1.165) is 24.7 Å². The van der Waals surface area contributed by atoms with Gasteiger partial charge in [-0.15, -0.1) is 0 Å². The summed E-state index contributed by atoms with van der Waals surface area (Å²) in [6.45, 7) is 2.76. The van der Waals surface area contributed by atoms with Gasteiger partial charge in [-0.25, -0.2) is 32.5 Å². The minimum Gasteiger partial charge on any atom is -0.465 e. The van der Waals surface area contributed by atoms with Gasteiger partial charge < -0.3 is 20.1 Å². The van der Waals surface area contributed by atoms with Crippen LogP contribution in [0.2, 0.25) is 5.02 Å². The van der Waals surface area contributed by atoms with Gasteiger partial charge in [0, 0.05) is 42.3 Å². The first-order valence-corrected chi connectivity index (χ1v) is 16.8. The number of carbonyl (C=O) groups is 1. The second-order valence-electron chi connectivity index (χ2n) is 11.0.